The van der Waals surface area contributed by atoms with Gasteiger partial charge in [-0.1, -0.05) is 35.9 Å². The van der Waals surface area contributed by atoms with Crippen LogP contribution in [-0.4, -0.2) is 25.1 Å². The van der Waals surface area contributed by atoms with E-state index in [1.54, 1.807) is 7.11 Å². The monoisotopic (exact) mass is 296 g/mol. The Morgan fingerprint density at radius 1 is 1.18 bits per heavy atom. The number of nitrogens with zero attached hydrogens (tertiary/aromatic N) is 1. The smallest absolute Gasteiger partial charge is 0.118 e. The Bertz CT molecular complexity index is 636. The molecule has 3 heteroatoms. The number of hydrogen-bond acceptors (Lipinski definition) is 3. The van der Waals surface area contributed by atoms with Crippen molar-refractivity contribution in [1.82, 2.24) is 4.90 Å². The molecule has 0 aromatic heterocycles. The second-order valence-electron chi connectivity index (χ2n) is 6.02. The predicted octanol–water partition coefficient (Wildman–Crippen LogP) is 3.06. The van der Waals surface area contributed by atoms with E-state index in [4.69, 9.17) is 10.5 Å². The Labute approximate surface area is 132 Å². The number of hydrogen-bond donors (Lipinski definition) is 1. The molecule has 2 N–H and O–H groups in total. The van der Waals surface area contributed by atoms with Gasteiger partial charge in [0.2, 0.25) is 0 Å². The highest BCUT2D eigenvalue weighted by atomic mass is 16.5. The Hall–Kier alpha value is -1.84. The van der Waals surface area contributed by atoms with Crippen LogP contribution in [0, 0.1) is 6.92 Å². The lowest BCUT2D eigenvalue weighted by Crippen LogP contribution is -2.29. The highest BCUT2D eigenvalue weighted by Gasteiger charge is 2.28. The number of nitrogens with two attached hydrogens (primary N) is 1. The summed E-state index contributed by atoms with van der Waals surface area (Å²) in [5.74, 6) is 0.910. The van der Waals surface area contributed by atoms with Crippen molar-refractivity contribution in [2.24, 2.45) is 5.73 Å². The van der Waals surface area contributed by atoms with Crippen LogP contribution in [0.5, 0.6) is 5.75 Å². The minimum absolute atomic E-state index is 0.355. The highest BCUT2D eigenvalue weighted by Crippen LogP contribution is 2.33. The second-order valence-corrected chi connectivity index (χ2v) is 6.02. The van der Waals surface area contributed by atoms with E-state index in [2.05, 4.69) is 42.2 Å². The van der Waals surface area contributed by atoms with Gasteiger partial charge in [0.15, 0.2) is 0 Å². The molecule has 1 aliphatic rings. The van der Waals surface area contributed by atoms with E-state index < -0.39 is 0 Å². The van der Waals surface area contributed by atoms with Gasteiger partial charge in [0.25, 0.3) is 0 Å². The lowest BCUT2D eigenvalue weighted by Gasteiger charge is -2.23. The Balaban J connectivity index is 1.68. The lowest BCUT2D eigenvalue weighted by molar-refractivity contribution is 0.223. The van der Waals surface area contributed by atoms with Gasteiger partial charge in [-0.25, -0.2) is 0 Å². The molecule has 1 atom stereocenters. The minimum atomic E-state index is 0.355. The standard InChI is InChI=1S/C19H24N2O/c1-14-3-6-16-13-21(19(12-20)18(16)11-14)10-9-15-4-7-17(22-2)8-5-15/h3-8,11,19H,9-10,12-13,20H2,1-2H3. The first-order valence-corrected chi connectivity index (χ1v) is 7.87. The topological polar surface area (TPSA) is 38.5 Å². The molecule has 0 radical (unpaired) electrons. The van der Waals surface area contributed by atoms with Crippen LogP contribution in [0.15, 0.2) is 42.5 Å². The van der Waals surface area contributed by atoms with E-state index in [9.17, 15) is 0 Å². The Morgan fingerprint density at radius 3 is 2.64 bits per heavy atom. The molecule has 0 amide bonds. The van der Waals surface area contributed by atoms with E-state index >= 15 is 0 Å². The zero-order valence-corrected chi connectivity index (χ0v) is 13.4. The highest BCUT2D eigenvalue weighted by molar-refractivity contribution is 5.37. The van der Waals surface area contributed by atoms with Gasteiger partial charge in [0, 0.05) is 25.7 Å². The van der Waals surface area contributed by atoms with Gasteiger partial charge in [-0.05, 0) is 42.2 Å². The summed E-state index contributed by atoms with van der Waals surface area (Å²) < 4.78 is 5.21. The van der Waals surface area contributed by atoms with Crippen LogP contribution in [0.25, 0.3) is 0 Å². The first kappa shape index (κ1) is 15.1. The average Bonchev–Trinajstić information content (AvgIpc) is 2.90. The van der Waals surface area contributed by atoms with Gasteiger partial charge < -0.3 is 10.5 Å². The van der Waals surface area contributed by atoms with Gasteiger partial charge in [-0.15, -0.1) is 0 Å². The third-order valence-corrected chi connectivity index (χ3v) is 4.54. The van der Waals surface area contributed by atoms with E-state index in [-0.39, 0.29) is 0 Å². The Morgan fingerprint density at radius 2 is 1.95 bits per heavy atom. The average molecular weight is 296 g/mol. The summed E-state index contributed by atoms with van der Waals surface area (Å²) in [7, 11) is 1.70. The summed E-state index contributed by atoms with van der Waals surface area (Å²) >= 11 is 0. The maximum absolute atomic E-state index is 6.04. The van der Waals surface area contributed by atoms with Crippen LogP contribution in [0.4, 0.5) is 0 Å². The number of ether oxygens (including phenoxy) is 1. The molecule has 0 bridgehead atoms. The van der Waals surface area contributed by atoms with Gasteiger partial charge in [-0.2, -0.15) is 0 Å². The molecule has 2 aromatic carbocycles. The number of fused-ring (bicyclic) bond motifs is 1. The minimum Gasteiger partial charge on any atom is -0.497 e. The van der Waals surface area contributed by atoms with Gasteiger partial charge >= 0.3 is 0 Å². The van der Waals surface area contributed by atoms with Crippen LogP contribution < -0.4 is 10.5 Å². The van der Waals surface area contributed by atoms with Crippen LogP contribution >= 0.6 is 0 Å². The largest absolute Gasteiger partial charge is 0.497 e. The predicted molar refractivity (Wildman–Crippen MR) is 90.1 cm³/mol. The van der Waals surface area contributed by atoms with Crippen molar-refractivity contribution in [3.8, 4) is 5.75 Å². The summed E-state index contributed by atoms with van der Waals surface area (Å²) in [5, 5.41) is 0. The fourth-order valence-electron chi connectivity index (χ4n) is 3.27. The number of methoxy groups -OCH3 is 1. The summed E-state index contributed by atoms with van der Waals surface area (Å²) in [6.07, 6.45) is 1.04. The molecule has 0 spiro atoms. The second kappa shape index (κ2) is 6.51. The lowest BCUT2D eigenvalue weighted by atomic mass is 10.0. The zero-order valence-electron chi connectivity index (χ0n) is 13.4. The zero-order chi connectivity index (χ0) is 15.5. The molecule has 0 saturated heterocycles. The van der Waals surface area contributed by atoms with Gasteiger partial charge in [0.1, 0.15) is 5.75 Å². The van der Waals surface area contributed by atoms with E-state index in [0.717, 1.165) is 25.3 Å². The molecule has 1 heterocycles. The van der Waals surface area contributed by atoms with E-state index in [1.165, 1.54) is 22.3 Å². The molecule has 116 valence electrons. The van der Waals surface area contributed by atoms with Crippen molar-refractivity contribution in [2.75, 3.05) is 20.2 Å². The third-order valence-electron chi connectivity index (χ3n) is 4.54. The Kier molecular flexibility index (Phi) is 4.46. The van der Waals surface area contributed by atoms with Crippen LogP contribution in [0.1, 0.15) is 28.3 Å². The van der Waals surface area contributed by atoms with Crippen LogP contribution in [0.3, 0.4) is 0 Å². The molecule has 0 saturated carbocycles. The summed E-state index contributed by atoms with van der Waals surface area (Å²) in [6, 6.07) is 15.4. The van der Waals surface area contributed by atoms with Crippen LogP contribution in [-0.2, 0) is 13.0 Å². The molecule has 0 aliphatic carbocycles. The van der Waals surface area contributed by atoms with Crippen molar-refractivity contribution < 1.29 is 4.74 Å². The van der Waals surface area contributed by atoms with E-state index in [0.29, 0.717) is 12.6 Å². The molecule has 3 rings (SSSR count). The van der Waals surface area contributed by atoms with Crippen molar-refractivity contribution in [1.29, 1.82) is 0 Å². The maximum atomic E-state index is 6.04. The SMILES string of the molecule is COc1ccc(CCN2Cc3ccc(C)cc3C2CN)cc1. The molecule has 0 fully saturated rings. The normalized spacial score (nSPS) is 17.5. The first-order valence-electron chi connectivity index (χ1n) is 7.87. The molecular weight excluding hydrogens is 272 g/mol. The molecular formula is C19H24N2O. The number of rotatable bonds is 5. The molecule has 1 unspecified atom stereocenters. The summed E-state index contributed by atoms with van der Waals surface area (Å²) in [6.45, 7) is 4.86. The number of aryl methyl sites for hydroxylation is 1. The van der Waals surface area contributed by atoms with Crippen LogP contribution in [0.2, 0.25) is 0 Å². The van der Waals surface area contributed by atoms with E-state index in [1.807, 2.05) is 12.1 Å². The number of benzene rings is 2. The van der Waals surface area contributed by atoms with Crippen molar-refractivity contribution in [3.63, 3.8) is 0 Å². The molecule has 22 heavy (non-hydrogen) atoms. The van der Waals surface area contributed by atoms with Crippen molar-refractivity contribution in [3.05, 3.63) is 64.7 Å². The maximum Gasteiger partial charge on any atom is 0.118 e. The fraction of sp³-hybridized carbons (Fsp3) is 0.368. The third kappa shape index (κ3) is 3.01. The molecule has 2 aromatic rings. The van der Waals surface area contributed by atoms with Gasteiger partial charge in [-0.3, -0.25) is 4.90 Å². The van der Waals surface area contributed by atoms with Crippen molar-refractivity contribution in [2.45, 2.75) is 25.9 Å². The first-order chi connectivity index (χ1) is 10.7. The van der Waals surface area contributed by atoms with Crippen molar-refractivity contribution >= 4 is 0 Å². The fourth-order valence-corrected chi connectivity index (χ4v) is 3.27. The van der Waals surface area contributed by atoms with Gasteiger partial charge in [0.05, 0.1) is 7.11 Å². The summed E-state index contributed by atoms with van der Waals surface area (Å²) in [5.41, 5.74) is 11.5. The molecule has 1 aliphatic heterocycles. The molecule has 3 nitrogen and oxygen atoms in total. The summed E-state index contributed by atoms with van der Waals surface area (Å²) in [4.78, 5) is 2.49. The quantitative estimate of drug-likeness (QED) is 0.921.